The first-order valence-corrected chi connectivity index (χ1v) is 5.16. The van der Waals surface area contributed by atoms with Gasteiger partial charge in [0.1, 0.15) is 12.1 Å². The third-order valence-electron chi connectivity index (χ3n) is 2.73. The summed E-state index contributed by atoms with van der Waals surface area (Å²) >= 11 is 0. The molecule has 6 heteroatoms. The Bertz CT molecular complexity index is 506. The predicted octanol–water partition coefficient (Wildman–Crippen LogP) is 0.275. The smallest absolute Gasteiger partial charge is 0.152 e. The van der Waals surface area contributed by atoms with Crippen molar-refractivity contribution in [3.05, 3.63) is 30.5 Å². The molecule has 2 N–H and O–H groups in total. The average Bonchev–Trinajstić information content (AvgIpc) is 2.75. The molecule has 0 radical (unpaired) electrons. The first-order chi connectivity index (χ1) is 7.83. The molecule has 6 nitrogen and oxygen atoms in total. The SMILES string of the molecule is Nc1ccnc(N2CCn3cnnc3C2)c1. The number of pyridine rings is 1. The third-order valence-corrected chi connectivity index (χ3v) is 2.73. The fraction of sp³-hybridized carbons (Fsp3) is 0.300. The highest BCUT2D eigenvalue weighted by Gasteiger charge is 2.18. The van der Waals surface area contributed by atoms with Crippen LogP contribution in [0.5, 0.6) is 0 Å². The zero-order chi connectivity index (χ0) is 11.0. The number of anilines is 2. The van der Waals surface area contributed by atoms with Crippen LogP contribution in [-0.2, 0) is 13.1 Å². The van der Waals surface area contributed by atoms with Gasteiger partial charge in [-0.2, -0.15) is 0 Å². The second-order valence-corrected chi connectivity index (χ2v) is 3.81. The van der Waals surface area contributed by atoms with Crippen molar-refractivity contribution in [1.82, 2.24) is 19.7 Å². The fourth-order valence-corrected chi connectivity index (χ4v) is 1.87. The summed E-state index contributed by atoms with van der Waals surface area (Å²) in [5, 5.41) is 7.96. The van der Waals surface area contributed by atoms with Gasteiger partial charge in [0.05, 0.1) is 6.54 Å². The maximum atomic E-state index is 5.74. The standard InChI is InChI=1S/C10H12N6/c11-8-1-2-12-9(5-8)15-3-4-16-7-13-14-10(16)6-15/h1-2,5,7H,3-4,6H2,(H2,11,12). The number of rotatable bonds is 1. The Morgan fingerprint density at radius 2 is 2.25 bits per heavy atom. The Hall–Kier alpha value is -2.11. The quantitative estimate of drug-likeness (QED) is 0.741. The lowest BCUT2D eigenvalue weighted by atomic mass is 10.3. The number of hydrogen-bond acceptors (Lipinski definition) is 5. The van der Waals surface area contributed by atoms with Crippen LogP contribution in [0, 0.1) is 0 Å². The average molecular weight is 216 g/mol. The van der Waals surface area contributed by atoms with Crippen molar-refractivity contribution in [2.45, 2.75) is 13.1 Å². The molecule has 1 aliphatic rings. The zero-order valence-corrected chi connectivity index (χ0v) is 8.74. The lowest BCUT2D eigenvalue weighted by Crippen LogP contribution is -2.34. The molecule has 0 bridgehead atoms. The molecule has 2 aromatic rings. The molecule has 3 heterocycles. The van der Waals surface area contributed by atoms with Gasteiger partial charge in [0.15, 0.2) is 5.82 Å². The molecule has 3 rings (SSSR count). The first kappa shape index (κ1) is 9.14. The summed E-state index contributed by atoms with van der Waals surface area (Å²) in [4.78, 5) is 6.46. The van der Waals surface area contributed by atoms with Crippen molar-refractivity contribution < 1.29 is 0 Å². The second-order valence-electron chi connectivity index (χ2n) is 3.81. The zero-order valence-electron chi connectivity index (χ0n) is 8.74. The highest BCUT2D eigenvalue weighted by atomic mass is 15.3. The predicted molar refractivity (Wildman–Crippen MR) is 59.7 cm³/mol. The van der Waals surface area contributed by atoms with Crippen LogP contribution in [0.2, 0.25) is 0 Å². The maximum absolute atomic E-state index is 5.74. The van der Waals surface area contributed by atoms with E-state index in [0.29, 0.717) is 0 Å². The van der Waals surface area contributed by atoms with Crippen LogP contribution < -0.4 is 10.6 Å². The monoisotopic (exact) mass is 216 g/mol. The normalized spacial score (nSPS) is 14.9. The summed E-state index contributed by atoms with van der Waals surface area (Å²) in [5.74, 6) is 1.87. The maximum Gasteiger partial charge on any atom is 0.152 e. The summed E-state index contributed by atoms with van der Waals surface area (Å²) < 4.78 is 2.06. The van der Waals surface area contributed by atoms with Gasteiger partial charge < -0.3 is 15.2 Å². The number of aromatic nitrogens is 4. The van der Waals surface area contributed by atoms with E-state index in [9.17, 15) is 0 Å². The van der Waals surface area contributed by atoms with Gasteiger partial charge in [0.25, 0.3) is 0 Å². The minimum atomic E-state index is 0.733. The topological polar surface area (TPSA) is 72.9 Å². The minimum absolute atomic E-state index is 0.733. The van der Waals surface area contributed by atoms with Gasteiger partial charge in [-0.1, -0.05) is 0 Å². The van der Waals surface area contributed by atoms with E-state index >= 15 is 0 Å². The molecule has 82 valence electrons. The Morgan fingerprint density at radius 1 is 1.31 bits per heavy atom. The Kier molecular flexibility index (Phi) is 1.99. The van der Waals surface area contributed by atoms with Crippen molar-refractivity contribution in [2.75, 3.05) is 17.2 Å². The molecule has 1 aliphatic heterocycles. The van der Waals surface area contributed by atoms with E-state index in [-0.39, 0.29) is 0 Å². The number of nitrogens with two attached hydrogens (primary N) is 1. The second kappa shape index (κ2) is 3.48. The molecule has 0 aromatic carbocycles. The summed E-state index contributed by atoms with van der Waals surface area (Å²) in [5.41, 5.74) is 6.47. The number of nitrogens with zero attached hydrogens (tertiary/aromatic N) is 5. The van der Waals surface area contributed by atoms with E-state index in [1.54, 1.807) is 18.6 Å². The van der Waals surface area contributed by atoms with E-state index in [1.807, 2.05) is 6.07 Å². The molecule has 2 aromatic heterocycles. The van der Waals surface area contributed by atoms with E-state index in [0.717, 1.165) is 37.0 Å². The number of hydrogen-bond donors (Lipinski definition) is 1. The Balaban J connectivity index is 1.88. The van der Waals surface area contributed by atoms with Gasteiger partial charge in [0, 0.05) is 31.0 Å². The van der Waals surface area contributed by atoms with Crippen LogP contribution in [0.4, 0.5) is 11.5 Å². The highest BCUT2D eigenvalue weighted by molar-refractivity contribution is 5.50. The summed E-state index contributed by atoms with van der Waals surface area (Å²) in [6.45, 7) is 2.52. The van der Waals surface area contributed by atoms with Crippen molar-refractivity contribution in [3.8, 4) is 0 Å². The van der Waals surface area contributed by atoms with Gasteiger partial charge in [-0.25, -0.2) is 4.98 Å². The fourth-order valence-electron chi connectivity index (χ4n) is 1.87. The first-order valence-electron chi connectivity index (χ1n) is 5.16. The molecule has 0 unspecified atom stereocenters. The van der Waals surface area contributed by atoms with Crippen molar-refractivity contribution >= 4 is 11.5 Å². The molecular weight excluding hydrogens is 204 g/mol. The van der Waals surface area contributed by atoms with Crippen LogP contribution >= 0.6 is 0 Å². The molecule has 0 atom stereocenters. The molecule has 16 heavy (non-hydrogen) atoms. The van der Waals surface area contributed by atoms with Gasteiger partial charge >= 0.3 is 0 Å². The largest absolute Gasteiger partial charge is 0.399 e. The van der Waals surface area contributed by atoms with Crippen molar-refractivity contribution in [3.63, 3.8) is 0 Å². The molecule has 0 spiro atoms. The summed E-state index contributed by atoms with van der Waals surface area (Å²) in [6.07, 6.45) is 3.49. The Labute approximate surface area is 92.7 Å². The van der Waals surface area contributed by atoms with E-state index in [4.69, 9.17) is 5.73 Å². The highest BCUT2D eigenvalue weighted by Crippen LogP contribution is 2.18. The Morgan fingerprint density at radius 3 is 3.12 bits per heavy atom. The third kappa shape index (κ3) is 1.48. The van der Waals surface area contributed by atoms with Gasteiger partial charge in [-0.05, 0) is 6.07 Å². The summed E-state index contributed by atoms with van der Waals surface area (Å²) in [6, 6.07) is 3.67. The van der Waals surface area contributed by atoms with E-state index < -0.39 is 0 Å². The van der Waals surface area contributed by atoms with Crippen LogP contribution in [0.25, 0.3) is 0 Å². The molecular formula is C10H12N6. The van der Waals surface area contributed by atoms with Gasteiger partial charge in [0.2, 0.25) is 0 Å². The van der Waals surface area contributed by atoms with Gasteiger partial charge in [-0.15, -0.1) is 10.2 Å². The lowest BCUT2D eigenvalue weighted by molar-refractivity contribution is 0.556. The molecule has 0 aliphatic carbocycles. The number of fused-ring (bicyclic) bond motifs is 1. The molecule has 0 saturated carbocycles. The van der Waals surface area contributed by atoms with Crippen LogP contribution in [0.3, 0.4) is 0 Å². The van der Waals surface area contributed by atoms with Crippen LogP contribution in [0.15, 0.2) is 24.7 Å². The lowest BCUT2D eigenvalue weighted by Gasteiger charge is -2.27. The molecule has 0 amide bonds. The number of nitrogen functional groups attached to an aromatic ring is 1. The minimum Gasteiger partial charge on any atom is -0.399 e. The summed E-state index contributed by atoms with van der Waals surface area (Å²) in [7, 11) is 0. The molecule has 0 saturated heterocycles. The van der Waals surface area contributed by atoms with Crippen LogP contribution in [0.1, 0.15) is 5.82 Å². The van der Waals surface area contributed by atoms with E-state index in [1.165, 1.54) is 0 Å². The van der Waals surface area contributed by atoms with Crippen molar-refractivity contribution in [2.24, 2.45) is 0 Å². The van der Waals surface area contributed by atoms with Crippen molar-refractivity contribution in [1.29, 1.82) is 0 Å². The van der Waals surface area contributed by atoms with Gasteiger partial charge in [-0.3, -0.25) is 0 Å². The van der Waals surface area contributed by atoms with Crippen LogP contribution in [-0.4, -0.2) is 26.3 Å². The molecule has 0 fully saturated rings. The van der Waals surface area contributed by atoms with E-state index in [2.05, 4.69) is 24.6 Å².